The van der Waals surface area contributed by atoms with Crippen LogP contribution in [0, 0.1) is 0 Å². The van der Waals surface area contributed by atoms with E-state index in [9.17, 15) is 0 Å². The number of hydrogen-bond donors (Lipinski definition) is 0. The first-order chi connectivity index (χ1) is 7.56. The molecule has 1 fully saturated rings. The highest BCUT2D eigenvalue weighted by atomic mass is 79.9. The third-order valence-corrected chi connectivity index (χ3v) is 5.12. The molecule has 16 heavy (non-hydrogen) atoms. The van der Waals surface area contributed by atoms with Crippen molar-refractivity contribution >= 4 is 27.3 Å². The fraction of sp³-hybridized carbons (Fsp3) is 0.667. The van der Waals surface area contributed by atoms with Crippen LogP contribution < -0.4 is 0 Å². The van der Waals surface area contributed by atoms with Crippen molar-refractivity contribution < 1.29 is 0 Å². The standard InChI is InChI=1S/C12H19BrN2S/c1-9-5-15(6-10(2)14(9)3)7-12-4-11(13)8-16-12/h4,8-10H,5-7H2,1-3H3. The normalized spacial score (nSPS) is 28.5. The van der Waals surface area contributed by atoms with Gasteiger partial charge in [0.05, 0.1) is 0 Å². The van der Waals surface area contributed by atoms with Gasteiger partial charge in [-0.2, -0.15) is 0 Å². The Labute approximate surface area is 110 Å². The van der Waals surface area contributed by atoms with Gasteiger partial charge >= 0.3 is 0 Å². The Balaban J connectivity index is 1.96. The minimum Gasteiger partial charge on any atom is -0.298 e. The molecule has 90 valence electrons. The number of halogens is 1. The van der Waals surface area contributed by atoms with Gasteiger partial charge in [0.15, 0.2) is 0 Å². The summed E-state index contributed by atoms with van der Waals surface area (Å²) in [5, 5.41) is 2.16. The predicted octanol–water partition coefficient (Wildman–Crippen LogP) is 3.04. The fourth-order valence-corrected chi connectivity index (χ4v) is 3.79. The van der Waals surface area contributed by atoms with Gasteiger partial charge < -0.3 is 0 Å². The van der Waals surface area contributed by atoms with Crippen molar-refractivity contribution in [3.05, 3.63) is 20.8 Å². The average molecular weight is 303 g/mol. The van der Waals surface area contributed by atoms with E-state index >= 15 is 0 Å². The van der Waals surface area contributed by atoms with Crippen molar-refractivity contribution in [2.75, 3.05) is 20.1 Å². The molecule has 0 aliphatic carbocycles. The molecule has 0 N–H and O–H groups in total. The fourth-order valence-electron chi connectivity index (χ4n) is 2.30. The lowest BCUT2D eigenvalue weighted by Crippen LogP contribution is -2.54. The summed E-state index contributed by atoms with van der Waals surface area (Å²) in [6, 6.07) is 3.55. The smallest absolute Gasteiger partial charge is 0.0329 e. The van der Waals surface area contributed by atoms with Crippen LogP contribution in [0.15, 0.2) is 15.9 Å². The largest absolute Gasteiger partial charge is 0.298 e. The SMILES string of the molecule is CC1CN(Cc2cc(Br)cs2)CC(C)N1C. The number of likely N-dealkylation sites (N-methyl/N-ethyl adjacent to an activating group) is 1. The number of nitrogens with zero attached hydrogens (tertiary/aromatic N) is 2. The molecule has 2 atom stereocenters. The van der Waals surface area contributed by atoms with Crippen LogP contribution in [-0.2, 0) is 6.54 Å². The predicted molar refractivity (Wildman–Crippen MR) is 74.0 cm³/mol. The Morgan fingerprint density at radius 3 is 2.50 bits per heavy atom. The molecule has 1 aliphatic heterocycles. The van der Waals surface area contributed by atoms with E-state index in [1.165, 1.54) is 22.4 Å². The zero-order valence-electron chi connectivity index (χ0n) is 10.1. The molecule has 1 saturated heterocycles. The highest BCUT2D eigenvalue weighted by molar-refractivity contribution is 9.10. The molecule has 1 aromatic heterocycles. The van der Waals surface area contributed by atoms with Crippen molar-refractivity contribution in [2.24, 2.45) is 0 Å². The third kappa shape index (κ3) is 2.86. The average Bonchev–Trinajstić information content (AvgIpc) is 2.60. The molecule has 0 amide bonds. The highest BCUT2D eigenvalue weighted by Crippen LogP contribution is 2.23. The van der Waals surface area contributed by atoms with E-state index in [4.69, 9.17) is 0 Å². The van der Waals surface area contributed by atoms with Gasteiger partial charge in [-0.3, -0.25) is 9.80 Å². The number of rotatable bonds is 2. The van der Waals surface area contributed by atoms with Gasteiger partial charge in [0.1, 0.15) is 0 Å². The van der Waals surface area contributed by atoms with Crippen LogP contribution >= 0.6 is 27.3 Å². The number of thiophene rings is 1. The maximum atomic E-state index is 3.51. The molecule has 4 heteroatoms. The van der Waals surface area contributed by atoms with Crippen molar-refractivity contribution in [1.29, 1.82) is 0 Å². The summed E-state index contributed by atoms with van der Waals surface area (Å²) in [6.45, 7) is 8.07. The summed E-state index contributed by atoms with van der Waals surface area (Å²) in [4.78, 5) is 6.49. The van der Waals surface area contributed by atoms with Crippen LogP contribution in [0.3, 0.4) is 0 Å². The van der Waals surface area contributed by atoms with Gasteiger partial charge in [-0.1, -0.05) is 0 Å². The molecular formula is C12H19BrN2S. The number of hydrogen-bond acceptors (Lipinski definition) is 3. The van der Waals surface area contributed by atoms with E-state index in [2.05, 4.69) is 58.1 Å². The molecule has 0 saturated carbocycles. The van der Waals surface area contributed by atoms with E-state index in [1.807, 2.05) is 11.3 Å². The van der Waals surface area contributed by atoms with Gasteiger partial charge in [0.25, 0.3) is 0 Å². The molecule has 2 heterocycles. The van der Waals surface area contributed by atoms with Gasteiger partial charge in [-0.25, -0.2) is 0 Å². The Kier molecular flexibility index (Phi) is 4.06. The summed E-state index contributed by atoms with van der Waals surface area (Å²) >= 11 is 5.36. The van der Waals surface area contributed by atoms with Gasteiger partial charge in [-0.05, 0) is 42.9 Å². The lowest BCUT2D eigenvalue weighted by Gasteiger charge is -2.42. The molecule has 1 aromatic rings. The zero-order valence-corrected chi connectivity index (χ0v) is 12.5. The maximum absolute atomic E-state index is 3.51. The van der Waals surface area contributed by atoms with E-state index in [0.717, 1.165) is 6.54 Å². The van der Waals surface area contributed by atoms with Crippen molar-refractivity contribution in [2.45, 2.75) is 32.5 Å². The first kappa shape index (κ1) is 12.6. The Bertz CT molecular complexity index is 341. The lowest BCUT2D eigenvalue weighted by molar-refractivity contribution is 0.0562. The van der Waals surface area contributed by atoms with Gasteiger partial charge in [0.2, 0.25) is 0 Å². The van der Waals surface area contributed by atoms with Crippen LogP contribution in [-0.4, -0.2) is 42.0 Å². The van der Waals surface area contributed by atoms with E-state index in [0.29, 0.717) is 12.1 Å². The zero-order chi connectivity index (χ0) is 11.7. The van der Waals surface area contributed by atoms with E-state index in [-0.39, 0.29) is 0 Å². The second-order valence-corrected chi connectivity index (χ2v) is 6.70. The first-order valence-electron chi connectivity index (χ1n) is 5.73. The second kappa shape index (κ2) is 5.17. The maximum Gasteiger partial charge on any atom is 0.0329 e. The van der Waals surface area contributed by atoms with Crippen molar-refractivity contribution in [3.63, 3.8) is 0 Å². The summed E-state index contributed by atoms with van der Waals surface area (Å²) < 4.78 is 1.21. The van der Waals surface area contributed by atoms with Crippen LogP contribution in [0.1, 0.15) is 18.7 Å². The minimum absolute atomic E-state index is 0.659. The lowest BCUT2D eigenvalue weighted by atomic mass is 10.1. The summed E-state index contributed by atoms with van der Waals surface area (Å²) in [6.07, 6.45) is 0. The van der Waals surface area contributed by atoms with Gasteiger partial charge in [0, 0.05) is 46.4 Å². The second-order valence-electron chi connectivity index (χ2n) is 4.79. The highest BCUT2D eigenvalue weighted by Gasteiger charge is 2.26. The van der Waals surface area contributed by atoms with Crippen molar-refractivity contribution in [1.82, 2.24) is 9.80 Å². The van der Waals surface area contributed by atoms with E-state index < -0.39 is 0 Å². The Hall–Kier alpha value is 0.1000. The molecule has 1 aliphatic rings. The summed E-state index contributed by atoms with van der Waals surface area (Å²) in [5.41, 5.74) is 0. The first-order valence-corrected chi connectivity index (χ1v) is 7.40. The summed E-state index contributed by atoms with van der Waals surface area (Å²) in [5.74, 6) is 0. The molecule has 2 rings (SSSR count). The van der Waals surface area contributed by atoms with E-state index in [1.54, 1.807) is 0 Å². The Morgan fingerprint density at radius 2 is 2.00 bits per heavy atom. The summed E-state index contributed by atoms with van der Waals surface area (Å²) in [7, 11) is 2.23. The molecule has 0 aromatic carbocycles. The van der Waals surface area contributed by atoms with Crippen LogP contribution in [0.2, 0.25) is 0 Å². The molecule has 0 spiro atoms. The molecule has 2 unspecified atom stereocenters. The molecule has 2 nitrogen and oxygen atoms in total. The monoisotopic (exact) mass is 302 g/mol. The topological polar surface area (TPSA) is 6.48 Å². The number of piperazine rings is 1. The third-order valence-electron chi connectivity index (χ3n) is 3.44. The van der Waals surface area contributed by atoms with Crippen molar-refractivity contribution in [3.8, 4) is 0 Å². The van der Waals surface area contributed by atoms with Crippen LogP contribution in [0.4, 0.5) is 0 Å². The minimum atomic E-state index is 0.659. The quantitative estimate of drug-likeness (QED) is 0.828. The Morgan fingerprint density at radius 1 is 1.38 bits per heavy atom. The van der Waals surface area contributed by atoms with Crippen LogP contribution in [0.5, 0.6) is 0 Å². The molecule has 0 radical (unpaired) electrons. The van der Waals surface area contributed by atoms with Gasteiger partial charge in [-0.15, -0.1) is 11.3 Å². The molecule has 0 bridgehead atoms. The van der Waals surface area contributed by atoms with Crippen LogP contribution in [0.25, 0.3) is 0 Å². The molecular weight excluding hydrogens is 284 g/mol.